The lowest BCUT2D eigenvalue weighted by Crippen LogP contribution is -2.53. The highest BCUT2D eigenvalue weighted by molar-refractivity contribution is 4.83. The van der Waals surface area contributed by atoms with Crippen molar-refractivity contribution in [3.63, 3.8) is 0 Å². The van der Waals surface area contributed by atoms with E-state index in [2.05, 4.69) is 43.2 Å². The summed E-state index contributed by atoms with van der Waals surface area (Å²) in [5.41, 5.74) is 3.04. The van der Waals surface area contributed by atoms with Crippen LogP contribution >= 0.6 is 0 Å². The molecule has 4 nitrogen and oxygen atoms in total. The van der Waals surface area contributed by atoms with Crippen LogP contribution in [0.2, 0.25) is 0 Å². The molecule has 2 unspecified atom stereocenters. The number of likely N-dealkylation sites (N-methyl/N-ethyl adjacent to an activating group) is 2. The van der Waals surface area contributed by atoms with Crippen LogP contribution in [0.3, 0.4) is 0 Å². The number of piperazine rings is 1. The first-order valence-electron chi connectivity index (χ1n) is 7.45. The summed E-state index contributed by atoms with van der Waals surface area (Å²) in [5, 5.41) is 0. The van der Waals surface area contributed by atoms with Crippen LogP contribution in [0.25, 0.3) is 0 Å². The Morgan fingerprint density at radius 1 is 1.22 bits per heavy atom. The molecule has 1 aliphatic rings. The summed E-state index contributed by atoms with van der Waals surface area (Å²) < 4.78 is 0. The lowest BCUT2D eigenvalue weighted by atomic mass is 9.91. The minimum atomic E-state index is 0.453. The van der Waals surface area contributed by atoms with E-state index in [0.717, 1.165) is 18.9 Å². The molecule has 1 aliphatic heterocycles. The average Bonchev–Trinajstić information content (AvgIpc) is 2.38. The van der Waals surface area contributed by atoms with Crippen LogP contribution < -0.4 is 11.3 Å². The average molecular weight is 256 g/mol. The van der Waals surface area contributed by atoms with Crippen molar-refractivity contribution in [3.8, 4) is 0 Å². The normalized spacial score (nSPS) is 24.7. The summed E-state index contributed by atoms with van der Waals surface area (Å²) in [7, 11) is 4.45. The molecule has 0 aromatic heterocycles. The molecular formula is C14H32N4. The fourth-order valence-electron chi connectivity index (χ4n) is 2.94. The van der Waals surface area contributed by atoms with Gasteiger partial charge in [-0.1, -0.05) is 26.7 Å². The van der Waals surface area contributed by atoms with Gasteiger partial charge in [0.2, 0.25) is 0 Å². The Morgan fingerprint density at radius 2 is 1.89 bits per heavy atom. The molecule has 1 rings (SSSR count). The largest absolute Gasteiger partial charge is 0.304 e. The van der Waals surface area contributed by atoms with E-state index < -0.39 is 0 Å². The highest BCUT2D eigenvalue weighted by Gasteiger charge is 2.25. The number of hydrazine groups is 1. The third-order valence-electron chi connectivity index (χ3n) is 4.55. The van der Waals surface area contributed by atoms with Crippen molar-refractivity contribution in [3.05, 3.63) is 0 Å². The van der Waals surface area contributed by atoms with Gasteiger partial charge in [-0.2, -0.15) is 0 Å². The Kier molecular flexibility index (Phi) is 7.15. The van der Waals surface area contributed by atoms with Crippen LogP contribution in [0.5, 0.6) is 0 Å². The molecule has 1 heterocycles. The van der Waals surface area contributed by atoms with Gasteiger partial charge in [-0.25, -0.2) is 0 Å². The van der Waals surface area contributed by atoms with Gasteiger partial charge in [0, 0.05) is 31.7 Å². The van der Waals surface area contributed by atoms with E-state index in [1.54, 1.807) is 0 Å². The molecule has 0 aromatic rings. The van der Waals surface area contributed by atoms with E-state index in [4.69, 9.17) is 5.84 Å². The van der Waals surface area contributed by atoms with Crippen molar-refractivity contribution in [2.45, 2.75) is 51.6 Å². The van der Waals surface area contributed by atoms with Crippen LogP contribution in [-0.4, -0.2) is 55.6 Å². The van der Waals surface area contributed by atoms with Crippen LogP contribution in [0, 0.1) is 5.92 Å². The first-order valence-corrected chi connectivity index (χ1v) is 7.45. The van der Waals surface area contributed by atoms with Crippen LogP contribution in [0.4, 0.5) is 0 Å². The summed E-state index contributed by atoms with van der Waals surface area (Å²) in [6.45, 7) is 8.08. The topological polar surface area (TPSA) is 44.5 Å². The molecule has 2 atom stereocenters. The Morgan fingerprint density at radius 3 is 2.44 bits per heavy atom. The zero-order valence-electron chi connectivity index (χ0n) is 12.7. The van der Waals surface area contributed by atoms with E-state index in [1.807, 2.05) is 0 Å². The maximum Gasteiger partial charge on any atom is 0.0235 e. The highest BCUT2D eigenvalue weighted by Crippen LogP contribution is 2.19. The zero-order valence-corrected chi connectivity index (χ0v) is 12.7. The third kappa shape index (κ3) is 4.84. The van der Waals surface area contributed by atoms with E-state index in [1.165, 1.54) is 32.4 Å². The second kappa shape index (κ2) is 8.10. The summed E-state index contributed by atoms with van der Waals surface area (Å²) >= 11 is 0. The smallest absolute Gasteiger partial charge is 0.0235 e. The number of nitrogens with one attached hydrogen (secondary N) is 1. The predicted molar refractivity (Wildman–Crippen MR) is 78.3 cm³/mol. The number of rotatable bonds is 7. The first kappa shape index (κ1) is 15.9. The molecule has 0 amide bonds. The molecule has 18 heavy (non-hydrogen) atoms. The van der Waals surface area contributed by atoms with E-state index >= 15 is 0 Å². The van der Waals surface area contributed by atoms with Gasteiger partial charge >= 0.3 is 0 Å². The van der Waals surface area contributed by atoms with Crippen molar-refractivity contribution in [2.75, 3.05) is 33.7 Å². The first-order chi connectivity index (χ1) is 8.60. The molecule has 0 saturated carbocycles. The van der Waals surface area contributed by atoms with E-state index in [-0.39, 0.29) is 0 Å². The number of nitrogens with two attached hydrogens (primary N) is 1. The SMILES string of the molecule is CCC(CC)CC(CC1CN(C)CCN1C)NN. The predicted octanol–water partition coefficient (Wildman–Crippen LogP) is 1.28. The fourth-order valence-corrected chi connectivity index (χ4v) is 2.94. The molecule has 3 N–H and O–H groups in total. The lowest BCUT2D eigenvalue weighted by molar-refractivity contribution is 0.0980. The van der Waals surface area contributed by atoms with Gasteiger partial charge in [0.25, 0.3) is 0 Å². The quantitative estimate of drug-likeness (QED) is 0.532. The molecule has 0 aliphatic carbocycles. The summed E-state index contributed by atoms with van der Waals surface area (Å²) in [5.74, 6) is 6.55. The Balaban J connectivity index is 2.45. The minimum absolute atomic E-state index is 0.453. The van der Waals surface area contributed by atoms with Crippen molar-refractivity contribution >= 4 is 0 Å². The van der Waals surface area contributed by atoms with Gasteiger partial charge in [0.1, 0.15) is 0 Å². The Bertz CT molecular complexity index is 218. The van der Waals surface area contributed by atoms with Crippen molar-refractivity contribution < 1.29 is 0 Å². The zero-order chi connectivity index (χ0) is 13.5. The summed E-state index contributed by atoms with van der Waals surface area (Å²) in [6.07, 6.45) is 4.88. The maximum absolute atomic E-state index is 5.75. The molecular weight excluding hydrogens is 224 g/mol. The second-order valence-corrected chi connectivity index (χ2v) is 5.91. The molecule has 0 bridgehead atoms. The molecule has 4 heteroatoms. The fraction of sp³-hybridized carbons (Fsp3) is 1.00. The van der Waals surface area contributed by atoms with Gasteiger partial charge in [-0.15, -0.1) is 0 Å². The summed E-state index contributed by atoms with van der Waals surface area (Å²) in [6, 6.07) is 1.09. The van der Waals surface area contributed by atoms with Crippen LogP contribution in [0.15, 0.2) is 0 Å². The van der Waals surface area contributed by atoms with Gasteiger partial charge in [-0.05, 0) is 32.9 Å². The van der Waals surface area contributed by atoms with Gasteiger partial charge in [-0.3, -0.25) is 11.3 Å². The Hall–Kier alpha value is -0.160. The van der Waals surface area contributed by atoms with Crippen molar-refractivity contribution in [1.29, 1.82) is 0 Å². The van der Waals surface area contributed by atoms with Gasteiger partial charge in [0.05, 0.1) is 0 Å². The summed E-state index contributed by atoms with van der Waals surface area (Å²) in [4.78, 5) is 4.91. The van der Waals surface area contributed by atoms with E-state index in [9.17, 15) is 0 Å². The standard InChI is InChI=1S/C14H32N4/c1-5-12(6-2)9-13(16-15)10-14-11-17(3)7-8-18(14)4/h12-14,16H,5-11,15H2,1-4H3. The highest BCUT2D eigenvalue weighted by atomic mass is 15.3. The molecule has 0 aromatic carbocycles. The number of hydrogen-bond donors (Lipinski definition) is 2. The van der Waals surface area contributed by atoms with Gasteiger partial charge in [0.15, 0.2) is 0 Å². The van der Waals surface area contributed by atoms with Crippen LogP contribution in [0.1, 0.15) is 39.5 Å². The number of hydrogen-bond acceptors (Lipinski definition) is 4. The lowest BCUT2D eigenvalue weighted by Gasteiger charge is -2.39. The minimum Gasteiger partial charge on any atom is -0.304 e. The molecule has 1 fully saturated rings. The maximum atomic E-state index is 5.75. The number of nitrogens with zero attached hydrogens (tertiary/aromatic N) is 2. The Labute approximate surface area is 113 Å². The van der Waals surface area contributed by atoms with Crippen molar-refractivity contribution in [1.82, 2.24) is 15.2 Å². The van der Waals surface area contributed by atoms with Gasteiger partial charge < -0.3 is 9.80 Å². The van der Waals surface area contributed by atoms with Crippen LogP contribution in [-0.2, 0) is 0 Å². The molecule has 108 valence electrons. The molecule has 1 saturated heterocycles. The molecule has 0 spiro atoms. The monoisotopic (exact) mass is 256 g/mol. The van der Waals surface area contributed by atoms with Crippen molar-refractivity contribution in [2.24, 2.45) is 11.8 Å². The van der Waals surface area contributed by atoms with E-state index in [0.29, 0.717) is 12.1 Å². The second-order valence-electron chi connectivity index (χ2n) is 5.91. The third-order valence-corrected chi connectivity index (χ3v) is 4.55. The molecule has 0 radical (unpaired) electrons.